The number of hydrogen-bond donors (Lipinski definition) is 1. The highest BCUT2D eigenvalue weighted by Crippen LogP contribution is 2.11. The molecule has 0 radical (unpaired) electrons. The molecule has 0 aromatic heterocycles. The zero-order chi connectivity index (χ0) is 8.10. The lowest BCUT2D eigenvalue weighted by Gasteiger charge is -2.05. The minimum Gasteiger partial charge on any atom is -0.323 e. The molecule has 0 heterocycles. The van der Waals surface area contributed by atoms with Crippen molar-refractivity contribution in [2.24, 2.45) is 5.73 Å². The topological polar surface area (TPSA) is 49.8 Å². The van der Waals surface area contributed by atoms with Crippen molar-refractivity contribution in [2.45, 2.75) is 12.5 Å². The van der Waals surface area contributed by atoms with E-state index < -0.39 is 0 Å². The Bertz CT molecular complexity index is 253. The molecule has 0 aliphatic heterocycles. The van der Waals surface area contributed by atoms with Crippen LogP contribution in [0, 0.1) is 11.3 Å². The van der Waals surface area contributed by atoms with Gasteiger partial charge in [-0.1, -0.05) is 30.3 Å². The molecular weight excluding hydrogens is 172 g/mol. The summed E-state index contributed by atoms with van der Waals surface area (Å²) in [7, 11) is 0. The van der Waals surface area contributed by atoms with E-state index in [1.807, 2.05) is 36.4 Å². The monoisotopic (exact) mass is 182 g/mol. The van der Waals surface area contributed by atoms with Gasteiger partial charge in [-0.2, -0.15) is 5.26 Å². The second-order valence-electron chi connectivity index (χ2n) is 2.38. The first-order valence-corrected chi connectivity index (χ1v) is 3.52. The van der Waals surface area contributed by atoms with Gasteiger partial charge in [-0.15, -0.1) is 12.4 Å². The van der Waals surface area contributed by atoms with Crippen LogP contribution >= 0.6 is 12.4 Å². The second-order valence-corrected chi connectivity index (χ2v) is 2.38. The van der Waals surface area contributed by atoms with Gasteiger partial charge in [0.15, 0.2) is 0 Å². The molecule has 0 unspecified atom stereocenters. The van der Waals surface area contributed by atoms with Crippen molar-refractivity contribution in [1.29, 1.82) is 5.26 Å². The van der Waals surface area contributed by atoms with E-state index >= 15 is 0 Å². The third-order valence-electron chi connectivity index (χ3n) is 1.54. The van der Waals surface area contributed by atoms with E-state index in [0.717, 1.165) is 5.56 Å². The molecule has 0 amide bonds. The van der Waals surface area contributed by atoms with Crippen molar-refractivity contribution in [1.82, 2.24) is 0 Å². The maximum absolute atomic E-state index is 8.37. The predicted octanol–water partition coefficient (Wildman–Crippen LogP) is 2.02. The molecule has 0 bridgehead atoms. The van der Waals surface area contributed by atoms with Gasteiger partial charge in [-0.25, -0.2) is 0 Å². The highest BCUT2D eigenvalue weighted by atomic mass is 35.5. The lowest BCUT2D eigenvalue weighted by atomic mass is 10.1. The number of nitriles is 1. The van der Waals surface area contributed by atoms with E-state index in [9.17, 15) is 0 Å². The second kappa shape index (κ2) is 5.59. The van der Waals surface area contributed by atoms with Crippen LogP contribution in [0.3, 0.4) is 0 Å². The summed E-state index contributed by atoms with van der Waals surface area (Å²) < 4.78 is 0. The minimum absolute atomic E-state index is 0. The fourth-order valence-electron chi connectivity index (χ4n) is 0.916. The highest BCUT2D eigenvalue weighted by Gasteiger charge is 2.02. The summed E-state index contributed by atoms with van der Waals surface area (Å²) in [5.41, 5.74) is 6.71. The Morgan fingerprint density at radius 2 is 1.92 bits per heavy atom. The van der Waals surface area contributed by atoms with Gasteiger partial charge in [0.1, 0.15) is 0 Å². The molecule has 2 N–H and O–H groups in total. The largest absolute Gasteiger partial charge is 0.323 e. The van der Waals surface area contributed by atoms with Gasteiger partial charge < -0.3 is 5.73 Å². The molecule has 0 aliphatic rings. The van der Waals surface area contributed by atoms with Crippen molar-refractivity contribution in [3.8, 4) is 6.07 Å². The molecule has 1 aromatic rings. The lowest BCUT2D eigenvalue weighted by molar-refractivity contribution is 0.748. The number of hydrogen-bond acceptors (Lipinski definition) is 2. The smallest absolute Gasteiger partial charge is 0.0641 e. The minimum atomic E-state index is -0.138. The third kappa shape index (κ3) is 2.91. The van der Waals surface area contributed by atoms with Crippen LogP contribution in [0.2, 0.25) is 0 Å². The van der Waals surface area contributed by atoms with Gasteiger partial charge in [0.25, 0.3) is 0 Å². The standard InChI is InChI=1S/C9H10N2.ClH/c10-7-6-9(11)8-4-2-1-3-5-8;/h1-5,9H,6,11H2;1H/t9-;/m1./s1. The first-order valence-electron chi connectivity index (χ1n) is 3.52. The van der Waals surface area contributed by atoms with Crippen molar-refractivity contribution >= 4 is 12.4 Å². The molecule has 12 heavy (non-hydrogen) atoms. The quantitative estimate of drug-likeness (QED) is 0.761. The van der Waals surface area contributed by atoms with E-state index in [-0.39, 0.29) is 18.4 Å². The summed E-state index contributed by atoms with van der Waals surface area (Å²) in [6.07, 6.45) is 0.379. The molecule has 0 saturated heterocycles. The van der Waals surface area contributed by atoms with Crippen molar-refractivity contribution in [2.75, 3.05) is 0 Å². The van der Waals surface area contributed by atoms with E-state index in [2.05, 4.69) is 0 Å². The molecule has 0 spiro atoms. The Balaban J connectivity index is 0.00000121. The number of rotatable bonds is 2. The lowest BCUT2D eigenvalue weighted by Crippen LogP contribution is -2.08. The summed E-state index contributed by atoms with van der Waals surface area (Å²) in [5, 5.41) is 8.37. The number of nitrogens with two attached hydrogens (primary N) is 1. The van der Waals surface area contributed by atoms with Gasteiger partial charge in [0.05, 0.1) is 12.5 Å². The predicted molar refractivity (Wildman–Crippen MR) is 50.8 cm³/mol. The average Bonchev–Trinajstić information content (AvgIpc) is 2.07. The summed E-state index contributed by atoms with van der Waals surface area (Å²) in [5.74, 6) is 0. The maximum Gasteiger partial charge on any atom is 0.0641 e. The molecule has 0 saturated carbocycles. The Hall–Kier alpha value is -1.04. The van der Waals surface area contributed by atoms with Crippen LogP contribution in [0.25, 0.3) is 0 Å². The van der Waals surface area contributed by atoms with Crippen molar-refractivity contribution in [3.05, 3.63) is 35.9 Å². The molecule has 64 valence electrons. The Morgan fingerprint density at radius 1 is 1.33 bits per heavy atom. The summed E-state index contributed by atoms with van der Waals surface area (Å²) in [6, 6.07) is 11.5. The molecular formula is C9H11ClN2. The zero-order valence-electron chi connectivity index (χ0n) is 6.60. The Kier molecular flexibility index (Phi) is 5.11. The van der Waals surface area contributed by atoms with Crippen LogP contribution in [0.1, 0.15) is 18.0 Å². The van der Waals surface area contributed by atoms with Crippen LogP contribution in [-0.2, 0) is 0 Å². The fourth-order valence-corrected chi connectivity index (χ4v) is 0.916. The van der Waals surface area contributed by atoms with Crippen LogP contribution < -0.4 is 5.73 Å². The first-order chi connectivity index (χ1) is 5.34. The molecule has 0 fully saturated rings. The molecule has 3 heteroatoms. The van der Waals surface area contributed by atoms with Crippen LogP contribution in [0.4, 0.5) is 0 Å². The zero-order valence-corrected chi connectivity index (χ0v) is 7.42. The van der Waals surface area contributed by atoms with Crippen LogP contribution in [-0.4, -0.2) is 0 Å². The summed E-state index contributed by atoms with van der Waals surface area (Å²) in [4.78, 5) is 0. The van der Waals surface area contributed by atoms with Gasteiger partial charge in [0, 0.05) is 6.04 Å². The maximum atomic E-state index is 8.37. The fraction of sp³-hybridized carbons (Fsp3) is 0.222. The SMILES string of the molecule is Cl.N#CC[C@@H](N)c1ccccc1. The van der Waals surface area contributed by atoms with Gasteiger partial charge in [-0.05, 0) is 5.56 Å². The van der Waals surface area contributed by atoms with E-state index in [1.165, 1.54) is 0 Å². The summed E-state index contributed by atoms with van der Waals surface area (Å²) in [6.45, 7) is 0. The first kappa shape index (κ1) is 11.0. The van der Waals surface area contributed by atoms with Crippen LogP contribution in [0.15, 0.2) is 30.3 Å². The average molecular weight is 183 g/mol. The normalized spacial score (nSPS) is 11.0. The van der Waals surface area contributed by atoms with E-state index in [0.29, 0.717) is 6.42 Å². The van der Waals surface area contributed by atoms with Crippen molar-refractivity contribution < 1.29 is 0 Å². The van der Waals surface area contributed by atoms with Gasteiger partial charge >= 0.3 is 0 Å². The van der Waals surface area contributed by atoms with E-state index in [4.69, 9.17) is 11.0 Å². The molecule has 2 nitrogen and oxygen atoms in total. The van der Waals surface area contributed by atoms with E-state index in [1.54, 1.807) is 0 Å². The highest BCUT2D eigenvalue weighted by molar-refractivity contribution is 5.85. The number of benzene rings is 1. The number of nitrogens with zero attached hydrogens (tertiary/aromatic N) is 1. The number of halogens is 1. The molecule has 1 aromatic carbocycles. The Labute approximate surface area is 78.4 Å². The van der Waals surface area contributed by atoms with Gasteiger partial charge in [-0.3, -0.25) is 0 Å². The van der Waals surface area contributed by atoms with Crippen molar-refractivity contribution in [3.63, 3.8) is 0 Å². The Morgan fingerprint density at radius 3 is 2.42 bits per heavy atom. The third-order valence-corrected chi connectivity index (χ3v) is 1.54. The van der Waals surface area contributed by atoms with Crippen LogP contribution in [0.5, 0.6) is 0 Å². The van der Waals surface area contributed by atoms with Gasteiger partial charge in [0.2, 0.25) is 0 Å². The molecule has 0 aliphatic carbocycles. The molecule has 1 rings (SSSR count). The molecule has 1 atom stereocenters. The summed E-state index contributed by atoms with van der Waals surface area (Å²) >= 11 is 0.